The van der Waals surface area contributed by atoms with Gasteiger partial charge in [0.05, 0.1) is 0 Å². The first-order valence-electron chi connectivity index (χ1n) is 4.39. The molecule has 0 heterocycles. The van der Waals surface area contributed by atoms with Gasteiger partial charge in [0.15, 0.2) is 0 Å². The molecule has 3 unspecified atom stereocenters. The first kappa shape index (κ1) is 10.9. The highest BCUT2D eigenvalue weighted by molar-refractivity contribution is 4.68. The zero-order valence-electron chi connectivity index (χ0n) is 7.75. The number of aliphatic hydroxyl groups excluding tert-OH is 2. The monoisotopic (exact) mass is 160 g/mol. The molecule has 0 radical (unpaired) electrons. The molecule has 3 atom stereocenters. The molecular weight excluding hydrogens is 140 g/mol. The van der Waals surface area contributed by atoms with Crippen LogP contribution in [0.4, 0.5) is 0 Å². The van der Waals surface area contributed by atoms with Crippen LogP contribution in [-0.2, 0) is 0 Å². The van der Waals surface area contributed by atoms with Gasteiger partial charge in [-0.15, -0.1) is 0 Å². The topological polar surface area (TPSA) is 40.5 Å². The average molecular weight is 160 g/mol. The maximum atomic E-state index is 8.96. The van der Waals surface area contributed by atoms with Gasteiger partial charge >= 0.3 is 0 Å². The molecule has 0 aliphatic rings. The molecule has 0 aromatic rings. The molecule has 0 saturated carbocycles. The standard InChI is InChI=1S/C9H20O2/c1-4-9(6-11)8(3)7(2)5-10/h7-11H,4-6H2,1-3H3. The molecule has 11 heavy (non-hydrogen) atoms. The zero-order valence-corrected chi connectivity index (χ0v) is 7.75. The second kappa shape index (κ2) is 5.56. The van der Waals surface area contributed by atoms with Crippen LogP contribution in [0.15, 0.2) is 0 Å². The molecule has 0 aromatic heterocycles. The summed E-state index contributed by atoms with van der Waals surface area (Å²) in [6.45, 7) is 6.63. The van der Waals surface area contributed by atoms with E-state index in [1.165, 1.54) is 0 Å². The lowest BCUT2D eigenvalue weighted by Crippen LogP contribution is -2.23. The number of hydrogen-bond donors (Lipinski definition) is 2. The summed E-state index contributed by atoms with van der Waals surface area (Å²) in [5.41, 5.74) is 0. The van der Waals surface area contributed by atoms with Gasteiger partial charge in [-0.3, -0.25) is 0 Å². The van der Waals surface area contributed by atoms with Crippen LogP contribution in [0, 0.1) is 17.8 Å². The number of aliphatic hydroxyl groups is 2. The molecule has 68 valence electrons. The van der Waals surface area contributed by atoms with Crippen LogP contribution in [0.5, 0.6) is 0 Å². The van der Waals surface area contributed by atoms with Crippen molar-refractivity contribution in [2.24, 2.45) is 17.8 Å². The Kier molecular flexibility index (Phi) is 5.51. The molecule has 0 spiro atoms. The van der Waals surface area contributed by atoms with Gasteiger partial charge in [0.1, 0.15) is 0 Å². The fourth-order valence-corrected chi connectivity index (χ4v) is 1.30. The molecule has 0 aromatic carbocycles. The van der Waals surface area contributed by atoms with E-state index in [0.717, 1.165) is 6.42 Å². The summed E-state index contributed by atoms with van der Waals surface area (Å²) >= 11 is 0. The van der Waals surface area contributed by atoms with Crippen LogP contribution in [0.3, 0.4) is 0 Å². The van der Waals surface area contributed by atoms with Crippen LogP contribution in [0.2, 0.25) is 0 Å². The molecule has 0 saturated heterocycles. The Bertz CT molecular complexity index is 89.6. The largest absolute Gasteiger partial charge is 0.396 e. The van der Waals surface area contributed by atoms with Gasteiger partial charge in [-0.05, 0) is 17.8 Å². The SMILES string of the molecule is CCC(CO)C(C)C(C)CO. The second-order valence-corrected chi connectivity index (χ2v) is 3.37. The van der Waals surface area contributed by atoms with Crippen LogP contribution < -0.4 is 0 Å². The van der Waals surface area contributed by atoms with Crippen molar-refractivity contribution in [3.8, 4) is 0 Å². The highest BCUT2D eigenvalue weighted by Crippen LogP contribution is 2.22. The van der Waals surface area contributed by atoms with Gasteiger partial charge in [0.25, 0.3) is 0 Å². The van der Waals surface area contributed by atoms with E-state index in [-0.39, 0.29) is 13.2 Å². The predicted octanol–water partition coefficient (Wildman–Crippen LogP) is 1.27. The summed E-state index contributed by atoms with van der Waals surface area (Å²) in [5.74, 6) is 1.05. The molecule has 0 rings (SSSR count). The van der Waals surface area contributed by atoms with Crippen LogP contribution in [0.25, 0.3) is 0 Å². The van der Waals surface area contributed by atoms with Gasteiger partial charge in [-0.2, -0.15) is 0 Å². The molecule has 0 aliphatic heterocycles. The molecule has 0 bridgehead atoms. The lowest BCUT2D eigenvalue weighted by Gasteiger charge is -2.25. The van der Waals surface area contributed by atoms with Crippen molar-refractivity contribution in [3.63, 3.8) is 0 Å². The Hall–Kier alpha value is -0.0800. The van der Waals surface area contributed by atoms with Crippen LogP contribution in [-0.4, -0.2) is 23.4 Å². The molecule has 2 N–H and O–H groups in total. The number of hydrogen-bond acceptors (Lipinski definition) is 2. The van der Waals surface area contributed by atoms with Gasteiger partial charge in [0.2, 0.25) is 0 Å². The highest BCUT2D eigenvalue weighted by Gasteiger charge is 2.19. The third-order valence-corrected chi connectivity index (χ3v) is 2.69. The van der Waals surface area contributed by atoms with E-state index in [1.807, 2.05) is 6.92 Å². The molecular formula is C9H20O2. The van der Waals surface area contributed by atoms with Crippen molar-refractivity contribution in [1.29, 1.82) is 0 Å². The van der Waals surface area contributed by atoms with Crippen molar-refractivity contribution in [3.05, 3.63) is 0 Å². The van der Waals surface area contributed by atoms with Gasteiger partial charge in [-0.25, -0.2) is 0 Å². The predicted molar refractivity (Wildman–Crippen MR) is 46.3 cm³/mol. The van der Waals surface area contributed by atoms with Crippen molar-refractivity contribution in [2.45, 2.75) is 27.2 Å². The van der Waals surface area contributed by atoms with E-state index >= 15 is 0 Å². The van der Waals surface area contributed by atoms with E-state index in [0.29, 0.717) is 17.8 Å². The van der Waals surface area contributed by atoms with E-state index in [4.69, 9.17) is 10.2 Å². The first-order chi connectivity index (χ1) is 5.17. The maximum Gasteiger partial charge on any atom is 0.0461 e. The zero-order chi connectivity index (χ0) is 8.85. The minimum absolute atomic E-state index is 0.220. The van der Waals surface area contributed by atoms with E-state index < -0.39 is 0 Å². The lowest BCUT2D eigenvalue weighted by molar-refractivity contribution is 0.112. The van der Waals surface area contributed by atoms with Crippen LogP contribution in [0.1, 0.15) is 27.2 Å². The van der Waals surface area contributed by atoms with E-state index in [9.17, 15) is 0 Å². The van der Waals surface area contributed by atoms with Crippen molar-refractivity contribution in [1.82, 2.24) is 0 Å². The summed E-state index contributed by atoms with van der Waals surface area (Å²) < 4.78 is 0. The summed E-state index contributed by atoms with van der Waals surface area (Å²) in [7, 11) is 0. The summed E-state index contributed by atoms with van der Waals surface area (Å²) in [4.78, 5) is 0. The molecule has 0 fully saturated rings. The van der Waals surface area contributed by atoms with Gasteiger partial charge in [0, 0.05) is 13.2 Å². The summed E-state index contributed by atoms with van der Waals surface area (Å²) in [6, 6.07) is 0. The first-order valence-corrected chi connectivity index (χ1v) is 4.39. The molecule has 0 amide bonds. The lowest BCUT2D eigenvalue weighted by atomic mass is 9.83. The van der Waals surface area contributed by atoms with Gasteiger partial charge < -0.3 is 10.2 Å². The highest BCUT2D eigenvalue weighted by atomic mass is 16.3. The third kappa shape index (κ3) is 3.21. The van der Waals surface area contributed by atoms with E-state index in [1.54, 1.807) is 0 Å². The molecule has 2 heteroatoms. The Morgan fingerprint density at radius 3 is 1.91 bits per heavy atom. The summed E-state index contributed by atoms with van der Waals surface area (Å²) in [5, 5.41) is 17.8. The Morgan fingerprint density at radius 1 is 1.09 bits per heavy atom. The third-order valence-electron chi connectivity index (χ3n) is 2.69. The molecule has 2 nitrogen and oxygen atoms in total. The summed E-state index contributed by atoms with van der Waals surface area (Å²) in [6.07, 6.45) is 0.988. The molecule has 0 aliphatic carbocycles. The van der Waals surface area contributed by atoms with Crippen LogP contribution >= 0.6 is 0 Å². The minimum Gasteiger partial charge on any atom is -0.396 e. The normalized spacial score (nSPS) is 19.4. The second-order valence-electron chi connectivity index (χ2n) is 3.37. The van der Waals surface area contributed by atoms with Crippen molar-refractivity contribution in [2.75, 3.05) is 13.2 Å². The van der Waals surface area contributed by atoms with Gasteiger partial charge in [-0.1, -0.05) is 27.2 Å². The fraction of sp³-hybridized carbons (Fsp3) is 1.00. The fourth-order valence-electron chi connectivity index (χ4n) is 1.30. The Morgan fingerprint density at radius 2 is 1.64 bits per heavy atom. The minimum atomic E-state index is 0.220. The Balaban J connectivity index is 3.86. The Labute approximate surface area is 69.2 Å². The quantitative estimate of drug-likeness (QED) is 0.636. The van der Waals surface area contributed by atoms with E-state index in [2.05, 4.69) is 13.8 Å². The smallest absolute Gasteiger partial charge is 0.0461 e. The van der Waals surface area contributed by atoms with Crippen molar-refractivity contribution < 1.29 is 10.2 Å². The van der Waals surface area contributed by atoms with Crippen molar-refractivity contribution >= 4 is 0 Å². The number of rotatable bonds is 5. The maximum absolute atomic E-state index is 8.96. The average Bonchev–Trinajstić information content (AvgIpc) is 2.05.